The van der Waals surface area contributed by atoms with Crippen LogP contribution in [-0.4, -0.2) is 44.4 Å². The second-order valence-electron chi connectivity index (χ2n) is 8.11. The van der Waals surface area contributed by atoms with Gasteiger partial charge >= 0.3 is 0 Å². The summed E-state index contributed by atoms with van der Waals surface area (Å²) in [5, 5.41) is 4.50. The van der Waals surface area contributed by atoms with Crippen molar-refractivity contribution in [1.29, 1.82) is 0 Å². The summed E-state index contributed by atoms with van der Waals surface area (Å²) in [6, 6.07) is 16.4. The van der Waals surface area contributed by atoms with Gasteiger partial charge in [-0.3, -0.25) is 14.2 Å². The molecule has 0 aliphatic rings. The molecule has 0 spiro atoms. The van der Waals surface area contributed by atoms with Crippen molar-refractivity contribution in [3.63, 3.8) is 0 Å². The molecule has 5 aromatic rings. The Morgan fingerprint density at radius 3 is 2.62 bits per heavy atom. The first-order chi connectivity index (χ1) is 16.5. The van der Waals surface area contributed by atoms with Crippen LogP contribution in [0.3, 0.4) is 0 Å². The third-order valence-corrected chi connectivity index (χ3v) is 6.39. The first-order valence-corrected chi connectivity index (χ1v) is 11.6. The monoisotopic (exact) mass is 470 g/mol. The topological polar surface area (TPSA) is 93.0 Å². The molecule has 1 atom stereocenters. The van der Waals surface area contributed by atoms with E-state index in [0.717, 1.165) is 10.5 Å². The molecule has 5 rings (SSSR count). The van der Waals surface area contributed by atoms with Crippen LogP contribution in [0, 0.1) is 0 Å². The van der Waals surface area contributed by atoms with Crippen LogP contribution in [0.4, 0.5) is 5.82 Å². The van der Waals surface area contributed by atoms with Crippen molar-refractivity contribution >= 4 is 44.2 Å². The van der Waals surface area contributed by atoms with Crippen LogP contribution in [0.15, 0.2) is 71.2 Å². The Morgan fingerprint density at radius 2 is 1.85 bits per heavy atom. The largest absolute Gasteiger partial charge is 0.360 e. The van der Waals surface area contributed by atoms with Gasteiger partial charge in [0.2, 0.25) is 0 Å². The minimum Gasteiger partial charge on any atom is -0.360 e. The summed E-state index contributed by atoms with van der Waals surface area (Å²) in [5.74, 6) is 0.385. The van der Waals surface area contributed by atoms with Gasteiger partial charge in [-0.1, -0.05) is 30.3 Å². The van der Waals surface area contributed by atoms with Gasteiger partial charge in [0.05, 0.1) is 22.5 Å². The number of amides is 1. The van der Waals surface area contributed by atoms with Crippen molar-refractivity contribution in [3.8, 4) is 5.69 Å². The average Bonchev–Trinajstić information content (AvgIpc) is 3.33. The Labute approximate surface area is 199 Å². The Bertz CT molecular complexity index is 1580. The Morgan fingerprint density at radius 1 is 1.06 bits per heavy atom. The van der Waals surface area contributed by atoms with Gasteiger partial charge in [0.25, 0.3) is 11.5 Å². The normalized spacial score (nSPS) is 12.1. The minimum absolute atomic E-state index is 0.215. The molecule has 0 saturated carbocycles. The highest BCUT2D eigenvalue weighted by Gasteiger charge is 2.21. The highest BCUT2D eigenvalue weighted by molar-refractivity contribution is 7.16. The Balaban J connectivity index is 1.73. The molecule has 1 unspecified atom stereocenters. The number of para-hydroxylation sites is 1. The molecule has 3 aromatic heterocycles. The second kappa shape index (κ2) is 8.68. The minimum atomic E-state index is -0.301. The third-order valence-electron chi connectivity index (χ3n) is 5.66. The molecule has 0 fully saturated rings. The van der Waals surface area contributed by atoms with Gasteiger partial charge in [-0.15, -0.1) is 11.3 Å². The lowest BCUT2D eigenvalue weighted by Crippen LogP contribution is -2.29. The van der Waals surface area contributed by atoms with Gasteiger partial charge in [-0.25, -0.2) is 15.0 Å². The quantitative estimate of drug-likeness (QED) is 0.412. The number of hydrogen-bond acceptors (Lipinski definition) is 7. The van der Waals surface area contributed by atoms with E-state index in [0.29, 0.717) is 33.4 Å². The zero-order chi connectivity index (χ0) is 23.8. The number of rotatable bonds is 5. The highest BCUT2D eigenvalue weighted by Crippen LogP contribution is 2.28. The summed E-state index contributed by atoms with van der Waals surface area (Å²) in [6.07, 6.45) is 1.50. The standard InChI is InChI=1S/C25H22N6O2S/c1-15(29-22-21-23(27-13-26-22)34-14-28-21)19-12-16-8-7-11-18(24(32)30(2)3)20(16)25(33)31(19)17-9-5-4-6-10-17/h4-15H,1-3H3,(H,26,27,29). The number of anilines is 1. The van der Waals surface area contributed by atoms with Gasteiger partial charge in [-0.05, 0) is 36.6 Å². The molecule has 1 amide bonds. The second-order valence-corrected chi connectivity index (χ2v) is 8.94. The predicted molar refractivity (Wildman–Crippen MR) is 135 cm³/mol. The Hall–Kier alpha value is -4.11. The number of nitrogens with one attached hydrogen (secondary N) is 1. The van der Waals surface area contributed by atoms with E-state index in [1.54, 1.807) is 36.3 Å². The molecule has 3 heterocycles. The zero-order valence-electron chi connectivity index (χ0n) is 18.9. The summed E-state index contributed by atoms with van der Waals surface area (Å²) in [7, 11) is 3.36. The SMILES string of the molecule is CC(Nc1ncnc2scnc12)c1cc2cccc(C(=O)N(C)C)c2c(=O)n1-c1ccccc1. The number of pyridine rings is 1. The molecule has 34 heavy (non-hydrogen) atoms. The number of fused-ring (bicyclic) bond motifs is 2. The average molecular weight is 471 g/mol. The number of carbonyl (C=O) groups excluding carboxylic acids is 1. The number of thiazole rings is 1. The van der Waals surface area contributed by atoms with E-state index in [9.17, 15) is 9.59 Å². The maximum absolute atomic E-state index is 14.0. The fourth-order valence-corrected chi connectivity index (χ4v) is 4.67. The number of carbonyl (C=O) groups is 1. The maximum atomic E-state index is 14.0. The van der Waals surface area contributed by atoms with Crippen molar-refractivity contribution < 1.29 is 4.79 Å². The van der Waals surface area contributed by atoms with E-state index in [1.807, 2.05) is 49.4 Å². The van der Waals surface area contributed by atoms with Crippen LogP contribution in [-0.2, 0) is 0 Å². The fraction of sp³-hybridized carbons (Fsp3) is 0.160. The molecule has 2 aromatic carbocycles. The van der Waals surface area contributed by atoms with Crippen molar-refractivity contribution in [1.82, 2.24) is 24.4 Å². The number of benzene rings is 2. The lowest BCUT2D eigenvalue weighted by atomic mass is 10.0. The van der Waals surface area contributed by atoms with E-state index >= 15 is 0 Å². The third kappa shape index (κ3) is 3.69. The van der Waals surface area contributed by atoms with E-state index in [2.05, 4.69) is 20.3 Å². The van der Waals surface area contributed by atoms with Crippen molar-refractivity contribution in [3.05, 3.63) is 88.0 Å². The zero-order valence-corrected chi connectivity index (χ0v) is 19.7. The summed E-state index contributed by atoms with van der Waals surface area (Å²) >= 11 is 1.44. The number of aromatic nitrogens is 4. The smallest absolute Gasteiger partial charge is 0.264 e. The summed E-state index contributed by atoms with van der Waals surface area (Å²) in [6.45, 7) is 1.97. The first kappa shape index (κ1) is 21.7. The lowest BCUT2D eigenvalue weighted by Gasteiger charge is -2.22. The van der Waals surface area contributed by atoms with E-state index in [1.165, 1.54) is 22.6 Å². The van der Waals surface area contributed by atoms with Gasteiger partial charge in [0.1, 0.15) is 16.7 Å². The van der Waals surface area contributed by atoms with Crippen molar-refractivity contribution in [2.45, 2.75) is 13.0 Å². The number of hydrogen-bond donors (Lipinski definition) is 1. The summed E-state index contributed by atoms with van der Waals surface area (Å²) in [4.78, 5) is 42.1. The molecular weight excluding hydrogens is 448 g/mol. The molecule has 170 valence electrons. The van der Waals surface area contributed by atoms with Crippen LogP contribution >= 0.6 is 11.3 Å². The van der Waals surface area contributed by atoms with Crippen LogP contribution < -0.4 is 10.9 Å². The van der Waals surface area contributed by atoms with Crippen LogP contribution in [0.1, 0.15) is 29.0 Å². The van der Waals surface area contributed by atoms with Gasteiger partial charge in [0, 0.05) is 25.5 Å². The molecule has 1 N–H and O–H groups in total. The summed E-state index contributed by atoms with van der Waals surface area (Å²) < 4.78 is 1.66. The van der Waals surface area contributed by atoms with E-state index in [-0.39, 0.29) is 17.5 Å². The molecule has 0 aliphatic carbocycles. The predicted octanol–water partition coefficient (Wildman–Crippen LogP) is 4.27. The first-order valence-electron chi connectivity index (χ1n) is 10.7. The van der Waals surface area contributed by atoms with Crippen LogP contribution in [0.5, 0.6) is 0 Å². The van der Waals surface area contributed by atoms with Crippen molar-refractivity contribution in [2.24, 2.45) is 0 Å². The fourth-order valence-electron chi connectivity index (χ4n) is 4.04. The van der Waals surface area contributed by atoms with E-state index in [4.69, 9.17) is 0 Å². The molecule has 8 nitrogen and oxygen atoms in total. The van der Waals surface area contributed by atoms with Crippen LogP contribution in [0.25, 0.3) is 26.8 Å². The molecular formula is C25H22N6O2S. The molecule has 9 heteroatoms. The molecule has 0 saturated heterocycles. The van der Waals surface area contributed by atoms with Crippen LogP contribution in [0.2, 0.25) is 0 Å². The highest BCUT2D eigenvalue weighted by atomic mass is 32.1. The van der Waals surface area contributed by atoms with E-state index < -0.39 is 0 Å². The van der Waals surface area contributed by atoms with Gasteiger partial charge in [-0.2, -0.15) is 0 Å². The molecule has 0 bridgehead atoms. The molecule has 0 radical (unpaired) electrons. The lowest BCUT2D eigenvalue weighted by molar-refractivity contribution is 0.0829. The van der Waals surface area contributed by atoms with Gasteiger partial charge < -0.3 is 10.2 Å². The maximum Gasteiger partial charge on any atom is 0.264 e. The number of nitrogens with zero attached hydrogens (tertiary/aromatic N) is 5. The van der Waals surface area contributed by atoms with Gasteiger partial charge in [0.15, 0.2) is 5.82 Å². The summed E-state index contributed by atoms with van der Waals surface area (Å²) in [5.41, 5.74) is 4.00. The van der Waals surface area contributed by atoms with Crippen molar-refractivity contribution in [2.75, 3.05) is 19.4 Å². The molecule has 0 aliphatic heterocycles. The Kier molecular flexibility index (Phi) is 5.54.